The zero-order valence-electron chi connectivity index (χ0n) is 17.8. The maximum atomic E-state index is 13.4. The van der Waals surface area contributed by atoms with Crippen molar-refractivity contribution in [1.29, 1.82) is 0 Å². The molecule has 1 atom stereocenters. The summed E-state index contributed by atoms with van der Waals surface area (Å²) in [6.07, 6.45) is 1.14. The van der Waals surface area contributed by atoms with E-state index in [1.54, 1.807) is 11.6 Å². The van der Waals surface area contributed by atoms with E-state index in [1.165, 1.54) is 16.0 Å². The first-order valence-corrected chi connectivity index (χ1v) is 10.9. The van der Waals surface area contributed by atoms with Crippen molar-refractivity contribution in [2.45, 2.75) is 46.6 Å². The van der Waals surface area contributed by atoms with Gasteiger partial charge in [0.25, 0.3) is 11.5 Å². The molecule has 0 aliphatic rings. The molecular formula is C21H23N7O2S. The number of rotatable bonds is 6. The van der Waals surface area contributed by atoms with Gasteiger partial charge in [0.2, 0.25) is 5.13 Å². The molecule has 160 valence electrons. The number of aryl methyl sites for hydroxylation is 3. The number of aromatic nitrogens is 6. The van der Waals surface area contributed by atoms with Crippen molar-refractivity contribution in [3.8, 4) is 5.69 Å². The number of amides is 1. The quantitative estimate of drug-likeness (QED) is 0.496. The molecule has 0 aliphatic heterocycles. The van der Waals surface area contributed by atoms with Crippen LogP contribution in [-0.4, -0.2) is 35.7 Å². The average molecular weight is 438 g/mol. The van der Waals surface area contributed by atoms with Gasteiger partial charge in [0.15, 0.2) is 0 Å². The number of hydrogen-bond acceptors (Lipinski definition) is 7. The third-order valence-electron chi connectivity index (χ3n) is 5.12. The van der Waals surface area contributed by atoms with Gasteiger partial charge >= 0.3 is 0 Å². The fourth-order valence-corrected chi connectivity index (χ4v) is 4.20. The molecule has 3 heterocycles. The number of anilines is 1. The lowest BCUT2D eigenvalue weighted by molar-refractivity contribution is -0.119. The van der Waals surface area contributed by atoms with E-state index in [2.05, 4.69) is 25.7 Å². The molecule has 1 N–H and O–H groups in total. The minimum Gasteiger partial charge on any atom is -0.299 e. The molecule has 1 amide bonds. The fourth-order valence-electron chi connectivity index (χ4n) is 3.52. The van der Waals surface area contributed by atoms with Crippen molar-refractivity contribution in [3.05, 3.63) is 57.1 Å². The van der Waals surface area contributed by atoms with E-state index < -0.39 is 6.04 Å². The van der Waals surface area contributed by atoms with E-state index >= 15 is 0 Å². The SMILES string of the molecule is CCc1nnc(NC(=O)C(CC)n2nc(C)c3nn(-c4ccccc4)c(C)c3c2=O)s1. The smallest absolute Gasteiger partial charge is 0.278 e. The number of carbonyl (C=O) groups excluding carboxylic acids is 1. The van der Waals surface area contributed by atoms with Crippen LogP contribution in [-0.2, 0) is 11.2 Å². The van der Waals surface area contributed by atoms with Gasteiger partial charge in [-0.2, -0.15) is 10.2 Å². The number of nitrogens with one attached hydrogen (secondary N) is 1. The van der Waals surface area contributed by atoms with Gasteiger partial charge < -0.3 is 0 Å². The lowest BCUT2D eigenvalue weighted by Crippen LogP contribution is -2.35. The maximum Gasteiger partial charge on any atom is 0.278 e. The Labute approximate surface area is 182 Å². The molecule has 0 bridgehead atoms. The molecule has 4 rings (SSSR count). The highest BCUT2D eigenvalue weighted by Gasteiger charge is 2.26. The molecule has 0 saturated heterocycles. The van der Waals surface area contributed by atoms with Gasteiger partial charge in [0.05, 0.1) is 22.5 Å². The van der Waals surface area contributed by atoms with Crippen LogP contribution in [0.2, 0.25) is 0 Å². The summed E-state index contributed by atoms with van der Waals surface area (Å²) in [6, 6.07) is 8.83. The zero-order chi connectivity index (χ0) is 22.1. The second-order valence-corrected chi connectivity index (χ2v) is 8.22. The molecule has 10 heteroatoms. The number of hydrogen-bond donors (Lipinski definition) is 1. The Hall–Kier alpha value is -3.40. The van der Waals surface area contributed by atoms with Gasteiger partial charge in [-0.25, -0.2) is 9.36 Å². The van der Waals surface area contributed by atoms with Crippen molar-refractivity contribution < 1.29 is 4.79 Å². The summed E-state index contributed by atoms with van der Waals surface area (Å²) in [6.45, 7) is 7.46. The fraction of sp³-hybridized carbons (Fsp3) is 0.333. The van der Waals surface area contributed by atoms with E-state index in [0.29, 0.717) is 33.8 Å². The predicted molar refractivity (Wildman–Crippen MR) is 120 cm³/mol. The van der Waals surface area contributed by atoms with Gasteiger partial charge in [0, 0.05) is 0 Å². The van der Waals surface area contributed by atoms with E-state index in [0.717, 1.165) is 17.1 Å². The van der Waals surface area contributed by atoms with Gasteiger partial charge in [-0.1, -0.05) is 43.4 Å². The van der Waals surface area contributed by atoms with E-state index in [-0.39, 0.29) is 11.5 Å². The van der Waals surface area contributed by atoms with Crippen molar-refractivity contribution in [2.75, 3.05) is 5.32 Å². The van der Waals surface area contributed by atoms with Crippen molar-refractivity contribution in [1.82, 2.24) is 29.8 Å². The first-order valence-electron chi connectivity index (χ1n) is 10.1. The highest BCUT2D eigenvalue weighted by Crippen LogP contribution is 2.22. The summed E-state index contributed by atoms with van der Waals surface area (Å²) in [5.74, 6) is -0.345. The van der Waals surface area contributed by atoms with Crippen LogP contribution in [0.15, 0.2) is 35.1 Å². The Morgan fingerprint density at radius 2 is 1.87 bits per heavy atom. The first kappa shape index (κ1) is 20.9. The van der Waals surface area contributed by atoms with Crippen molar-refractivity contribution >= 4 is 33.3 Å². The van der Waals surface area contributed by atoms with Gasteiger partial charge in [-0.15, -0.1) is 10.2 Å². The van der Waals surface area contributed by atoms with E-state index in [1.807, 2.05) is 51.1 Å². The van der Waals surface area contributed by atoms with Crippen LogP contribution in [0.3, 0.4) is 0 Å². The second-order valence-electron chi connectivity index (χ2n) is 7.16. The molecule has 0 radical (unpaired) electrons. The first-order chi connectivity index (χ1) is 14.9. The molecule has 0 fully saturated rings. The van der Waals surface area contributed by atoms with Crippen molar-refractivity contribution in [2.24, 2.45) is 0 Å². The zero-order valence-corrected chi connectivity index (χ0v) is 18.6. The average Bonchev–Trinajstić information content (AvgIpc) is 3.37. The van der Waals surface area contributed by atoms with Gasteiger partial charge in [-0.3, -0.25) is 14.9 Å². The largest absolute Gasteiger partial charge is 0.299 e. The van der Waals surface area contributed by atoms with Crippen LogP contribution in [0.5, 0.6) is 0 Å². The van der Waals surface area contributed by atoms with E-state index in [9.17, 15) is 9.59 Å². The Morgan fingerprint density at radius 3 is 2.52 bits per heavy atom. The molecular weight excluding hydrogens is 414 g/mol. The molecule has 31 heavy (non-hydrogen) atoms. The molecule has 1 unspecified atom stereocenters. The normalized spacial score (nSPS) is 12.3. The summed E-state index contributed by atoms with van der Waals surface area (Å²) in [4.78, 5) is 26.4. The van der Waals surface area contributed by atoms with Crippen LogP contribution in [0.25, 0.3) is 16.6 Å². The lowest BCUT2D eigenvalue weighted by Gasteiger charge is -2.16. The number of benzene rings is 1. The standard InChI is InChI=1S/C21H23N7O2S/c1-5-15(19(29)22-21-24-23-16(6-2)31-21)28-20(30)17-13(4)27(14-10-8-7-9-11-14)26-18(17)12(3)25-28/h7-11,15H,5-6H2,1-4H3,(H,22,24,29). The Bertz CT molecular complexity index is 1310. The molecule has 4 aromatic rings. The van der Waals surface area contributed by atoms with Crippen molar-refractivity contribution in [3.63, 3.8) is 0 Å². The number of fused-ring (bicyclic) bond motifs is 1. The van der Waals surface area contributed by atoms with Gasteiger partial charge in [-0.05, 0) is 38.8 Å². The minimum atomic E-state index is -0.774. The number of nitrogens with zero attached hydrogens (tertiary/aromatic N) is 6. The highest BCUT2D eigenvalue weighted by molar-refractivity contribution is 7.15. The minimum absolute atomic E-state index is 0.339. The summed E-state index contributed by atoms with van der Waals surface area (Å²) in [7, 11) is 0. The van der Waals surface area contributed by atoms with E-state index in [4.69, 9.17) is 0 Å². The van der Waals surface area contributed by atoms with Crippen LogP contribution < -0.4 is 10.9 Å². The summed E-state index contributed by atoms with van der Waals surface area (Å²) >= 11 is 1.32. The van der Waals surface area contributed by atoms with Gasteiger partial charge in [0.1, 0.15) is 16.6 Å². The Kier molecular flexibility index (Phi) is 5.64. The third-order valence-corrected chi connectivity index (χ3v) is 6.11. The van der Waals surface area contributed by atoms with Crippen LogP contribution in [0, 0.1) is 13.8 Å². The molecule has 0 aliphatic carbocycles. The van der Waals surface area contributed by atoms with Crippen LogP contribution in [0.1, 0.15) is 42.7 Å². The second kappa shape index (κ2) is 8.38. The summed E-state index contributed by atoms with van der Waals surface area (Å²) in [5.41, 5.74) is 2.35. The predicted octanol–water partition coefficient (Wildman–Crippen LogP) is 3.20. The third kappa shape index (κ3) is 3.74. The lowest BCUT2D eigenvalue weighted by atomic mass is 10.2. The maximum absolute atomic E-state index is 13.4. The molecule has 1 aromatic carbocycles. The Morgan fingerprint density at radius 1 is 1.13 bits per heavy atom. The highest BCUT2D eigenvalue weighted by atomic mass is 32.1. The summed E-state index contributed by atoms with van der Waals surface area (Å²) < 4.78 is 3.00. The monoisotopic (exact) mass is 437 g/mol. The van der Waals surface area contributed by atoms with Crippen LogP contribution >= 0.6 is 11.3 Å². The topological polar surface area (TPSA) is 108 Å². The molecule has 9 nitrogen and oxygen atoms in total. The Balaban J connectivity index is 1.77. The molecule has 3 aromatic heterocycles. The number of carbonyl (C=O) groups is 1. The summed E-state index contributed by atoms with van der Waals surface area (Å²) in [5, 5.41) is 21.6. The number of para-hydroxylation sites is 1. The molecule has 0 saturated carbocycles. The molecule has 0 spiro atoms. The van der Waals surface area contributed by atoms with Crippen LogP contribution in [0.4, 0.5) is 5.13 Å².